The summed E-state index contributed by atoms with van der Waals surface area (Å²) in [6.07, 6.45) is 3.12. The highest BCUT2D eigenvalue weighted by atomic mass is 16.7. The van der Waals surface area contributed by atoms with Crippen molar-refractivity contribution in [1.82, 2.24) is 9.78 Å². The summed E-state index contributed by atoms with van der Waals surface area (Å²) in [6.45, 7) is 1.65. The Hall–Kier alpha value is -2.97. The SMILES string of the molecule is CCC(=O)ON=Cc1cn(C)nc1-c1ccc([N+](=O)[O-])o1. The Labute approximate surface area is 118 Å². The number of hydrogen-bond donors (Lipinski definition) is 0. The molecule has 0 amide bonds. The van der Waals surface area contributed by atoms with Crippen molar-refractivity contribution in [2.24, 2.45) is 12.2 Å². The molecule has 2 rings (SSSR count). The van der Waals surface area contributed by atoms with E-state index >= 15 is 0 Å². The summed E-state index contributed by atoms with van der Waals surface area (Å²) < 4.78 is 6.58. The van der Waals surface area contributed by atoms with Gasteiger partial charge < -0.3 is 9.25 Å². The minimum Gasteiger partial charge on any atom is -0.399 e. The fourth-order valence-corrected chi connectivity index (χ4v) is 1.55. The molecular formula is C12H12N4O5. The molecule has 9 nitrogen and oxygen atoms in total. The summed E-state index contributed by atoms with van der Waals surface area (Å²) in [5.41, 5.74) is 0.868. The summed E-state index contributed by atoms with van der Waals surface area (Å²) in [5, 5.41) is 18.3. The number of rotatable bonds is 5. The predicted molar refractivity (Wildman–Crippen MR) is 71.5 cm³/mol. The summed E-state index contributed by atoms with van der Waals surface area (Å²) in [5.74, 6) is -0.619. The van der Waals surface area contributed by atoms with E-state index in [2.05, 4.69) is 15.1 Å². The van der Waals surface area contributed by atoms with Gasteiger partial charge >= 0.3 is 11.9 Å². The van der Waals surface area contributed by atoms with Crippen molar-refractivity contribution >= 4 is 18.1 Å². The number of oxime groups is 1. The topological polar surface area (TPSA) is 113 Å². The molecule has 0 aromatic carbocycles. The maximum atomic E-state index is 11.0. The second-order valence-electron chi connectivity index (χ2n) is 4.05. The molecule has 9 heteroatoms. The van der Waals surface area contributed by atoms with E-state index in [1.165, 1.54) is 23.0 Å². The van der Waals surface area contributed by atoms with Crippen molar-refractivity contribution in [1.29, 1.82) is 0 Å². The van der Waals surface area contributed by atoms with Gasteiger partial charge in [0.15, 0.2) is 5.76 Å². The Balaban J connectivity index is 2.27. The number of aryl methyl sites for hydroxylation is 1. The monoisotopic (exact) mass is 292 g/mol. The average molecular weight is 292 g/mol. The van der Waals surface area contributed by atoms with E-state index in [0.717, 1.165) is 0 Å². The van der Waals surface area contributed by atoms with Gasteiger partial charge in [0.1, 0.15) is 10.6 Å². The Bertz CT molecular complexity index is 700. The molecule has 0 saturated heterocycles. The van der Waals surface area contributed by atoms with Crippen molar-refractivity contribution in [3.63, 3.8) is 0 Å². The van der Waals surface area contributed by atoms with E-state index in [1.807, 2.05) is 0 Å². The van der Waals surface area contributed by atoms with Crippen molar-refractivity contribution < 1.29 is 19.0 Å². The lowest BCUT2D eigenvalue weighted by molar-refractivity contribution is -0.401. The molecule has 2 aromatic heterocycles. The minimum atomic E-state index is -0.636. The summed E-state index contributed by atoms with van der Waals surface area (Å²) in [4.78, 5) is 25.6. The van der Waals surface area contributed by atoms with Crippen molar-refractivity contribution in [3.8, 4) is 11.5 Å². The molecule has 0 fully saturated rings. The molecule has 0 unspecified atom stereocenters. The molecule has 21 heavy (non-hydrogen) atoms. The van der Waals surface area contributed by atoms with Crippen LogP contribution in [0.2, 0.25) is 0 Å². The molecule has 0 atom stereocenters. The number of furan rings is 1. The molecule has 0 bridgehead atoms. The number of carbonyl (C=O) groups excluding carboxylic acids is 1. The highest BCUT2D eigenvalue weighted by molar-refractivity contribution is 5.87. The highest BCUT2D eigenvalue weighted by Crippen LogP contribution is 2.26. The highest BCUT2D eigenvalue weighted by Gasteiger charge is 2.17. The lowest BCUT2D eigenvalue weighted by Gasteiger charge is -1.93. The Kier molecular flexibility index (Phi) is 4.12. The molecule has 2 aromatic rings. The predicted octanol–water partition coefficient (Wildman–Crippen LogP) is 1.88. The zero-order valence-corrected chi connectivity index (χ0v) is 11.3. The van der Waals surface area contributed by atoms with Gasteiger partial charge in [-0.3, -0.25) is 14.8 Å². The van der Waals surface area contributed by atoms with Gasteiger partial charge in [-0.2, -0.15) is 5.10 Å². The van der Waals surface area contributed by atoms with Crippen LogP contribution in [0.4, 0.5) is 5.88 Å². The normalized spacial score (nSPS) is 11.0. The first-order valence-corrected chi connectivity index (χ1v) is 6.02. The maximum absolute atomic E-state index is 11.0. The van der Waals surface area contributed by atoms with Gasteiger partial charge in [-0.25, -0.2) is 4.79 Å². The number of aromatic nitrogens is 2. The largest absolute Gasteiger partial charge is 0.433 e. The Morgan fingerprint density at radius 2 is 2.38 bits per heavy atom. The van der Waals surface area contributed by atoms with Crippen LogP contribution in [0.3, 0.4) is 0 Å². The average Bonchev–Trinajstić information content (AvgIpc) is 3.05. The molecule has 0 radical (unpaired) electrons. The first-order chi connectivity index (χ1) is 10.0. The molecule has 0 spiro atoms. The smallest absolute Gasteiger partial charge is 0.399 e. The zero-order chi connectivity index (χ0) is 15.4. The van der Waals surface area contributed by atoms with Crippen LogP contribution < -0.4 is 0 Å². The van der Waals surface area contributed by atoms with Gasteiger partial charge in [-0.1, -0.05) is 12.1 Å². The van der Waals surface area contributed by atoms with E-state index in [9.17, 15) is 14.9 Å². The molecule has 0 N–H and O–H groups in total. The molecule has 0 saturated carbocycles. The van der Waals surface area contributed by atoms with Gasteiger partial charge in [0.05, 0.1) is 12.3 Å². The molecular weight excluding hydrogens is 280 g/mol. The first-order valence-electron chi connectivity index (χ1n) is 6.02. The Morgan fingerprint density at radius 3 is 3.00 bits per heavy atom. The summed E-state index contributed by atoms with van der Waals surface area (Å²) in [6, 6.07) is 2.68. The van der Waals surface area contributed by atoms with Crippen LogP contribution in [0.5, 0.6) is 0 Å². The van der Waals surface area contributed by atoms with Crippen molar-refractivity contribution in [3.05, 3.63) is 34.0 Å². The van der Waals surface area contributed by atoms with Gasteiger partial charge in [0, 0.05) is 25.2 Å². The summed E-state index contributed by atoms with van der Waals surface area (Å²) in [7, 11) is 1.68. The fraction of sp³-hybridized carbons (Fsp3) is 0.250. The van der Waals surface area contributed by atoms with Gasteiger partial charge in [-0.05, 0) is 6.07 Å². The fourth-order valence-electron chi connectivity index (χ4n) is 1.55. The van der Waals surface area contributed by atoms with Gasteiger partial charge in [0.25, 0.3) is 0 Å². The molecule has 2 heterocycles. The second kappa shape index (κ2) is 5.99. The minimum absolute atomic E-state index is 0.210. The number of hydrogen-bond acceptors (Lipinski definition) is 7. The molecule has 0 aliphatic carbocycles. The van der Waals surface area contributed by atoms with E-state index in [0.29, 0.717) is 11.3 Å². The standard InChI is InChI=1S/C12H12N4O5/c1-3-11(17)21-13-6-8-7-15(2)14-12(8)9-4-5-10(20-9)16(18)19/h4-7H,3H2,1-2H3. The van der Waals surface area contributed by atoms with Crippen LogP contribution in [0.15, 0.2) is 27.9 Å². The van der Waals surface area contributed by atoms with E-state index in [4.69, 9.17) is 4.42 Å². The van der Waals surface area contributed by atoms with E-state index in [1.54, 1.807) is 20.2 Å². The Morgan fingerprint density at radius 1 is 1.62 bits per heavy atom. The third-order valence-electron chi connectivity index (χ3n) is 2.50. The van der Waals surface area contributed by atoms with E-state index < -0.39 is 10.9 Å². The van der Waals surface area contributed by atoms with Gasteiger partial charge in [0.2, 0.25) is 0 Å². The van der Waals surface area contributed by atoms with E-state index in [-0.39, 0.29) is 18.1 Å². The van der Waals surface area contributed by atoms with Crippen LogP contribution in [-0.2, 0) is 16.7 Å². The maximum Gasteiger partial charge on any atom is 0.433 e. The molecule has 0 aliphatic rings. The zero-order valence-electron chi connectivity index (χ0n) is 11.3. The number of nitrogens with zero attached hydrogens (tertiary/aromatic N) is 4. The van der Waals surface area contributed by atoms with Gasteiger partial charge in [-0.15, -0.1) is 0 Å². The van der Waals surface area contributed by atoms with Crippen molar-refractivity contribution in [2.75, 3.05) is 0 Å². The lowest BCUT2D eigenvalue weighted by Crippen LogP contribution is -1.96. The third kappa shape index (κ3) is 3.32. The second-order valence-corrected chi connectivity index (χ2v) is 4.05. The van der Waals surface area contributed by atoms with Crippen LogP contribution in [-0.4, -0.2) is 26.9 Å². The first kappa shape index (κ1) is 14.4. The van der Waals surface area contributed by atoms with Crippen LogP contribution in [0.25, 0.3) is 11.5 Å². The molecule has 110 valence electrons. The number of carbonyl (C=O) groups is 1. The quantitative estimate of drug-likeness (QED) is 0.360. The third-order valence-corrected chi connectivity index (χ3v) is 2.50. The van der Waals surface area contributed by atoms with Crippen LogP contribution >= 0.6 is 0 Å². The van der Waals surface area contributed by atoms with Crippen molar-refractivity contribution in [2.45, 2.75) is 13.3 Å². The molecule has 0 aliphatic heterocycles. The van der Waals surface area contributed by atoms with Crippen LogP contribution in [0, 0.1) is 10.1 Å². The lowest BCUT2D eigenvalue weighted by atomic mass is 10.2. The summed E-state index contributed by atoms with van der Waals surface area (Å²) >= 11 is 0. The van der Waals surface area contributed by atoms with Crippen LogP contribution in [0.1, 0.15) is 18.9 Å². The number of nitro groups is 1.